The van der Waals surface area contributed by atoms with E-state index in [0.29, 0.717) is 0 Å². The Balaban J connectivity index is 2.94. The largest absolute Gasteiger partial charge is 0.481 e. The number of aliphatic carboxylic acids is 1. The van der Waals surface area contributed by atoms with Crippen molar-refractivity contribution < 1.29 is 22.7 Å². The molecule has 0 aliphatic heterocycles. The molecule has 6 heteroatoms. The van der Waals surface area contributed by atoms with Gasteiger partial charge in [-0.3, -0.25) is 4.79 Å². The van der Waals surface area contributed by atoms with Gasteiger partial charge in [-0.2, -0.15) is 0 Å². The number of benzene rings is 1. The van der Waals surface area contributed by atoms with Gasteiger partial charge in [-0.1, -0.05) is 6.92 Å². The van der Waals surface area contributed by atoms with E-state index in [2.05, 4.69) is 0 Å². The maximum absolute atomic E-state index is 12.6. The standard InChI is InChI=1S/C10H11FO4S/c1-7(10(12)13)6-16(14,15)9-4-2-8(11)3-5-9/h2-5,7H,6H2,1H3,(H,12,13)/t7-/m0/s1. The average Bonchev–Trinajstić information content (AvgIpc) is 2.17. The molecule has 0 radical (unpaired) electrons. The third-order valence-electron chi connectivity index (χ3n) is 2.06. The van der Waals surface area contributed by atoms with Gasteiger partial charge < -0.3 is 5.11 Å². The summed E-state index contributed by atoms with van der Waals surface area (Å²) in [6.45, 7) is 1.31. The molecule has 0 aliphatic carbocycles. The predicted molar refractivity (Wildman–Crippen MR) is 55.3 cm³/mol. The lowest BCUT2D eigenvalue weighted by Gasteiger charge is -2.07. The number of carboxylic acid groups (broad SMARTS) is 1. The van der Waals surface area contributed by atoms with Crippen LogP contribution in [0.15, 0.2) is 29.2 Å². The Hall–Kier alpha value is -1.43. The first-order chi connectivity index (χ1) is 7.33. The molecule has 0 saturated heterocycles. The molecule has 0 aromatic heterocycles. The molecule has 0 heterocycles. The van der Waals surface area contributed by atoms with Crippen LogP contribution in [-0.4, -0.2) is 25.2 Å². The topological polar surface area (TPSA) is 71.4 Å². The van der Waals surface area contributed by atoms with Gasteiger partial charge in [-0.25, -0.2) is 12.8 Å². The molecular weight excluding hydrogens is 235 g/mol. The minimum atomic E-state index is -3.67. The van der Waals surface area contributed by atoms with Crippen LogP contribution >= 0.6 is 0 Å². The fourth-order valence-corrected chi connectivity index (χ4v) is 2.68. The van der Waals surface area contributed by atoms with Gasteiger partial charge in [0, 0.05) is 0 Å². The maximum atomic E-state index is 12.6. The molecule has 4 nitrogen and oxygen atoms in total. The van der Waals surface area contributed by atoms with E-state index in [1.165, 1.54) is 6.92 Å². The zero-order chi connectivity index (χ0) is 12.3. The van der Waals surface area contributed by atoms with Crippen LogP contribution in [-0.2, 0) is 14.6 Å². The van der Waals surface area contributed by atoms with Gasteiger partial charge in [0.05, 0.1) is 16.6 Å². The minimum absolute atomic E-state index is 0.0676. The fraction of sp³-hybridized carbons (Fsp3) is 0.300. The average molecular weight is 246 g/mol. The van der Waals surface area contributed by atoms with Crippen molar-refractivity contribution in [1.82, 2.24) is 0 Å². The smallest absolute Gasteiger partial charge is 0.307 e. The summed E-state index contributed by atoms with van der Waals surface area (Å²) < 4.78 is 35.9. The van der Waals surface area contributed by atoms with E-state index in [1.807, 2.05) is 0 Å². The van der Waals surface area contributed by atoms with Gasteiger partial charge in [0.25, 0.3) is 0 Å². The van der Waals surface area contributed by atoms with Crippen LogP contribution in [0.3, 0.4) is 0 Å². The third-order valence-corrected chi connectivity index (χ3v) is 3.99. The lowest BCUT2D eigenvalue weighted by atomic mass is 10.2. The maximum Gasteiger partial charge on any atom is 0.307 e. The zero-order valence-electron chi connectivity index (χ0n) is 8.55. The molecule has 1 rings (SSSR count). The van der Waals surface area contributed by atoms with Crippen molar-refractivity contribution in [3.8, 4) is 0 Å². The number of sulfone groups is 1. The molecule has 16 heavy (non-hydrogen) atoms. The van der Waals surface area contributed by atoms with Gasteiger partial charge in [0.2, 0.25) is 0 Å². The van der Waals surface area contributed by atoms with Crippen LogP contribution in [0.5, 0.6) is 0 Å². The molecule has 0 fully saturated rings. The molecule has 0 aliphatic rings. The second kappa shape index (κ2) is 4.61. The van der Waals surface area contributed by atoms with E-state index in [-0.39, 0.29) is 4.90 Å². The first-order valence-corrected chi connectivity index (χ1v) is 6.19. The summed E-state index contributed by atoms with van der Waals surface area (Å²) in [7, 11) is -3.67. The van der Waals surface area contributed by atoms with Crippen LogP contribution in [0.1, 0.15) is 6.92 Å². The zero-order valence-corrected chi connectivity index (χ0v) is 9.37. The lowest BCUT2D eigenvalue weighted by molar-refractivity contribution is -0.140. The van der Waals surface area contributed by atoms with Crippen LogP contribution in [0.2, 0.25) is 0 Å². The van der Waals surface area contributed by atoms with Crippen molar-refractivity contribution in [2.45, 2.75) is 11.8 Å². The molecule has 0 amide bonds. The summed E-state index contributed by atoms with van der Waals surface area (Å²) in [6, 6.07) is 4.30. The molecule has 1 atom stereocenters. The Morgan fingerprint density at radius 2 is 1.88 bits per heavy atom. The Morgan fingerprint density at radius 3 is 2.31 bits per heavy atom. The van der Waals surface area contributed by atoms with Crippen LogP contribution < -0.4 is 0 Å². The molecule has 88 valence electrons. The highest BCUT2D eigenvalue weighted by atomic mass is 32.2. The van der Waals surface area contributed by atoms with Crippen molar-refractivity contribution in [2.75, 3.05) is 5.75 Å². The molecular formula is C10H11FO4S. The summed E-state index contributed by atoms with van der Waals surface area (Å²) in [5.74, 6) is -3.19. The van der Waals surface area contributed by atoms with Crippen molar-refractivity contribution in [2.24, 2.45) is 5.92 Å². The summed E-state index contributed by atoms with van der Waals surface area (Å²) in [4.78, 5) is 10.5. The monoisotopic (exact) mass is 246 g/mol. The second-order valence-electron chi connectivity index (χ2n) is 3.47. The van der Waals surface area contributed by atoms with Crippen LogP contribution in [0, 0.1) is 11.7 Å². The van der Waals surface area contributed by atoms with E-state index >= 15 is 0 Å². The summed E-state index contributed by atoms with van der Waals surface area (Å²) in [5.41, 5.74) is 0. The first-order valence-electron chi connectivity index (χ1n) is 4.54. The molecule has 0 bridgehead atoms. The summed E-state index contributed by atoms with van der Waals surface area (Å²) in [6.07, 6.45) is 0. The van der Waals surface area contributed by atoms with Gasteiger partial charge in [0.1, 0.15) is 5.82 Å². The number of hydrogen-bond acceptors (Lipinski definition) is 3. The number of carbonyl (C=O) groups is 1. The highest BCUT2D eigenvalue weighted by molar-refractivity contribution is 7.91. The van der Waals surface area contributed by atoms with Crippen molar-refractivity contribution in [1.29, 1.82) is 0 Å². The minimum Gasteiger partial charge on any atom is -0.481 e. The van der Waals surface area contributed by atoms with Crippen LogP contribution in [0.4, 0.5) is 4.39 Å². The number of halogens is 1. The van der Waals surface area contributed by atoms with Crippen LogP contribution in [0.25, 0.3) is 0 Å². The quantitative estimate of drug-likeness (QED) is 0.813. The molecule has 1 aromatic rings. The normalized spacial score (nSPS) is 13.4. The van der Waals surface area contributed by atoms with E-state index in [4.69, 9.17) is 5.11 Å². The van der Waals surface area contributed by atoms with E-state index in [9.17, 15) is 17.6 Å². The SMILES string of the molecule is C[C@@H](CS(=O)(=O)c1ccc(F)cc1)C(=O)O. The molecule has 0 unspecified atom stereocenters. The Labute approximate surface area is 92.6 Å². The Bertz CT molecular complexity index is 478. The van der Waals surface area contributed by atoms with Gasteiger partial charge in [0.15, 0.2) is 9.84 Å². The fourth-order valence-electron chi connectivity index (χ4n) is 1.14. The van der Waals surface area contributed by atoms with E-state index in [0.717, 1.165) is 24.3 Å². The van der Waals surface area contributed by atoms with Gasteiger partial charge in [-0.05, 0) is 24.3 Å². The highest BCUT2D eigenvalue weighted by Gasteiger charge is 2.22. The Morgan fingerprint density at radius 1 is 1.38 bits per heavy atom. The molecule has 1 N–H and O–H groups in total. The molecule has 0 spiro atoms. The first kappa shape index (κ1) is 12.6. The lowest BCUT2D eigenvalue weighted by Crippen LogP contribution is -2.21. The molecule has 1 aromatic carbocycles. The third kappa shape index (κ3) is 3.03. The molecule has 0 saturated carbocycles. The Kier molecular flexibility index (Phi) is 3.64. The highest BCUT2D eigenvalue weighted by Crippen LogP contribution is 2.14. The number of hydrogen-bond donors (Lipinski definition) is 1. The summed E-state index contributed by atoms with van der Waals surface area (Å²) >= 11 is 0. The number of carboxylic acids is 1. The summed E-state index contributed by atoms with van der Waals surface area (Å²) in [5, 5.41) is 8.61. The van der Waals surface area contributed by atoms with Gasteiger partial charge >= 0.3 is 5.97 Å². The van der Waals surface area contributed by atoms with Crippen molar-refractivity contribution >= 4 is 15.8 Å². The second-order valence-corrected chi connectivity index (χ2v) is 5.51. The van der Waals surface area contributed by atoms with E-state index < -0.39 is 33.3 Å². The van der Waals surface area contributed by atoms with Crippen molar-refractivity contribution in [3.63, 3.8) is 0 Å². The predicted octanol–water partition coefficient (Wildman–Crippen LogP) is 1.32. The van der Waals surface area contributed by atoms with Crippen molar-refractivity contribution in [3.05, 3.63) is 30.1 Å². The van der Waals surface area contributed by atoms with Gasteiger partial charge in [-0.15, -0.1) is 0 Å². The number of rotatable bonds is 4. The van der Waals surface area contributed by atoms with E-state index in [1.54, 1.807) is 0 Å².